The molecule has 0 bridgehead atoms. The van der Waals surface area contributed by atoms with E-state index in [1.54, 1.807) is 12.1 Å². The highest BCUT2D eigenvalue weighted by Gasteiger charge is 2.18. The summed E-state index contributed by atoms with van der Waals surface area (Å²) in [5, 5.41) is 8.75. The molecule has 106 valence electrons. The van der Waals surface area contributed by atoms with Gasteiger partial charge in [0.2, 0.25) is 5.91 Å². The molecular weight excluding hydrogens is 252 g/mol. The Hall–Kier alpha value is -1.86. The van der Waals surface area contributed by atoms with Crippen molar-refractivity contribution in [1.82, 2.24) is 4.90 Å². The Morgan fingerprint density at radius 2 is 2.00 bits per heavy atom. The zero-order chi connectivity index (χ0) is 14.4. The van der Waals surface area contributed by atoms with Gasteiger partial charge in [0.15, 0.2) is 0 Å². The maximum Gasteiger partial charge on any atom is 0.226 e. The molecule has 0 saturated carbocycles. The SMILES string of the molecule is CN(CC1CCOCC1)C(=O)Cc1ccc(C#N)cc1. The first-order valence-electron chi connectivity index (χ1n) is 7.00. The minimum atomic E-state index is 0.126. The number of amides is 1. The highest BCUT2D eigenvalue weighted by atomic mass is 16.5. The van der Waals surface area contributed by atoms with Gasteiger partial charge >= 0.3 is 0 Å². The second-order valence-electron chi connectivity index (χ2n) is 5.32. The van der Waals surface area contributed by atoms with Crippen molar-refractivity contribution in [2.24, 2.45) is 5.92 Å². The molecule has 1 aliphatic heterocycles. The molecule has 0 aliphatic carbocycles. The fourth-order valence-corrected chi connectivity index (χ4v) is 2.42. The first-order valence-corrected chi connectivity index (χ1v) is 7.00. The molecular formula is C16H20N2O2. The summed E-state index contributed by atoms with van der Waals surface area (Å²) >= 11 is 0. The summed E-state index contributed by atoms with van der Waals surface area (Å²) in [5.41, 5.74) is 1.57. The summed E-state index contributed by atoms with van der Waals surface area (Å²) in [6.45, 7) is 2.42. The number of carbonyl (C=O) groups excluding carboxylic acids is 1. The van der Waals surface area contributed by atoms with Crippen LogP contribution in [0.5, 0.6) is 0 Å². The summed E-state index contributed by atoms with van der Waals surface area (Å²) in [6, 6.07) is 9.27. The van der Waals surface area contributed by atoms with E-state index in [2.05, 4.69) is 6.07 Å². The van der Waals surface area contributed by atoms with Crippen molar-refractivity contribution in [3.63, 3.8) is 0 Å². The number of ether oxygens (including phenoxy) is 1. The number of likely N-dealkylation sites (N-methyl/N-ethyl adjacent to an activating group) is 1. The molecule has 1 aromatic rings. The van der Waals surface area contributed by atoms with E-state index in [-0.39, 0.29) is 5.91 Å². The van der Waals surface area contributed by atoms with E-state index in [1.807, 2.05) is 24.1 Å². The molecule has 0 unspecified atom stereocenters. The third-order valence-electron chi connectivity index (χ3n) is 3.74. The zero-order valence-corrected chi connectivity index (χ0v) is 11.8. The number of carbonyl (C=O) groups is 1. The fraction of sp³-hybridized carbons (Fsp3) is 0.500. The van der Waals surface area contributed by atoms with Crippen LogP contribution in [0, 0.1) is 17.2 Å². The maximum absolute atomic E-state index is 12.2. The summed E-state index contributed by atoms with van der Waals surface area (Å²) in [6.07, 6.45) is 2.47. The smallest absolute Gasteiger partial charge is 0.226 e. The molecule has 20 heavy (non-hydrogen) atoms. The van der Waals surface area contributed by atoms with Gasteiger partial charge in [-0.15, -0.1) is 0 Å². The Labute approximate surface area is 120 Å². The van der Waals surface area contributed by atoms with E-state index in [0.29, 0.717) is 17.9 Å². The van der Waals surface area contributed by atoms with Crippen molar-refractivity contribution in [2.45, 2.75) is 19.3 Å². The molecule has 0 atom stereocenters. The largest absolute Gasteiger partial charge is 0.381 e. The van der Waals surface area contributed by atoms with Crippen molar-refractivity contribution >= 4 is 5.91 Å². The Balaban J connectivity index is 1.85. The van der Waals surface area contributed by atoms with E-state index in [1.165, 1.54) is 0 Å². The topological polar surface area (TPSA) is 53.3 Å². The van der Waals surface area contributed by atoms with E-state index in [9.17, 15) is 4.79 Å². The van der Waals surface area contributed by atoms with Crippen LogP contribution in [-0.4, -0.2) is 37.6 Å². The van der Waals surface area contributed by atoms with Gasteiger partial charge in [0, 0.05) is 26.8 Å². The molecule has 1 aliphatic rings. The van der Waals surface area contributed by atoms with Crippen molar-refractivity contribution < 1.29 is 9.53 Å². The molecule has 1 heterocycles. The molecule has 1 fully saturated rings. The van der Waals surface area contributed by atoms with Gasteiger partial charge in [-0.05, 0) is 36.5 Å². The molecule has 1 amide bonds. The van der Waals surface area contributed by atoms with Crippen molar-refractivity contribution in [3.05, 3.63) is 35.4 Å². The number of nitrogens with zero attached hydrogens (tertiary/aromatic N) is 2. The second-order valence-corrected chi connectivity index (χ2v) is 5.32. The van der Waals surface area contributed by atoms with Gasteiger partial charge < -0.3 is 9.64 Å². The van der Waals surface area contributed by atoms with Crippen LogP contribution in [-0.2, 0) is 16.0 Å². The molecule has 1 aromatic carbocycles. The number of hydrogen-bond acceptors (Lipinski definition) is 3. The van der Waals surface area contributed by atoms with Crippen molar-refractivity contribution in [3.8, 4) is 6.07 Å². The minimum absolute atomic E-state index is 0.126. The van der Waals surface area contributed by atoms with E-state index >= 15 is 0 Å². The highest BCUT2D eigenvalue weighted by molar-refractivity contribution is 5.78. The lowest BCUT2D eigenvalue weighted by molar-refractivity contribution is -0.130. The molecule has 0 radical (unpaired) electrons. The molecule has 0 N–H and O–H groups in total. The Bertz CT molecular complexity index is 484. The lowest BCUT2D eigenvalue weighted by atomic mass is 9.99. The Kier molecular flexibility index (Phi) is 5.14. The summed E-state index contributed by atoms with van der Waals surface area (Å²) in [5.74, 6) is 0.680. The van der Waals surface area contributed by atoms with Gasteiger partial charge in [-0.1, -0.05) is 12.1 Å². The van der Waals surface area contributed by atoms with E-state index in [4.69, 9.17) is 10.00 Å². The van der Waals surface area contributed by atoms with Crippen LogP contribution in [0.25, 0.3) is 0 Å². The standard InChI is InChI=1S/C16H20N2O2/c1-18(12-15-6-8-20-9-7-15)16(19)10-13-2-4-14(11-17)5-3-13/h2-5,15H,6-10,12H2,1H3. The quantitative estimate of drug-likeness (QED) is 0.842. The number of rotatable bonds is 4. The molecule has 4 nitrogen and oxygen atoms in total. The van der Waals surface area contributed by atoms with Crippen LogP contribution in [0.15, 0.2) is 24.3 Å². The first kappa shape index (κ1) is 14.5. The Morgan fingerprint density at radius 3 is 2.60 bits per heavy atom. The first-order chi connectivity index (χ1) is 9.69. The van der Waals surface area contributed by atoms with E-state index < -0.39 is 0 Å². The van der Waals surface area contributed by atoms with Crippen molar-refractivity contribution in [1.29, 1.82) is 5.26 Å². The molecule has 1 saturated heterocycles. The fourth-order valence-electron chi connectivity index (χ4n) is 2.42. The molecule has 4 heteroatoms. The molecule has 0 aromatic heterocycles. The highest BCUT2D eigenvalue weighted by Crippen LogP contribution is 2.16. The summed E-state index contributed by atoms with van der Waals surface area (Å²) in [7, 11) is 1.86. The number of hydrogen-bond donors (Lipinski definition) is 0. The van der Waals surface area contributed by atoms with Crippen LogP contribution >= 0.6 is 0 Å². The van der Waals surface area contributed by atoms with Gasteiger partial charge in [0.25, 0.3) is 0 Å². The predicted octanol–water partition coefficient (Wildman–Crippen LogP) is 1.99. The monoisotopic (exact) mass is 272 g/mol. The predicted molar refractivity (Wildman–Crippen MR) is 76.0 cm³/mol. The lowest BCUT2D eigenvalue weighted by Gasteiger charge is -2.27. The van der Waals surface area contributed by atoms with Gasteiger partial charge in [-0.25, -0.2) is 0 Å². The van der Waals surface area contributed by atoms with Crippen molar-refractivity contribution in [2.75, 3.05) is 26.8 Å². The molecule has 0 spiro atoms. The average molecular weight is 272 g/mol. The summed E-state index contributed by atoms with van der Waals surface area (Å²) in [4.78, 5) is 14.0. The van der Waals surface area contributed by atoms with Crippen LogP contribution in [0.4, 0.5) is 0 Å². The van der Waals surface area contributed by atoms with Crippen LogP contribution in [0.2, 0.25) is 0 Å². The van der Waals surface area contributed by atoms with Gasteiger partial charge in [0.05, 0.1) is 18.1 Å². The van der Waals surface area contributed by atoms with Gasteiger partial charge in [0.1, 0.15) is 0 Å². The maximum atomic E-state index is 12.2. The van der Waals surface area contributed by atoms with E-state index in [0.717, 1.165) is 38.2 Å². The normalized spacial score (nSPS) is 15.6. The van der Waals surface area contributed by atoms with Crippen LogP contribution < -0.4 is 0 Å². The average Bonchev–Trinajstić information content (AvgIpc) is 2.49. The third-order valence-corrected chi connectivity index (χ3v) is 3.74. The lowest BCUT2D eigenvalue weighted by Crippen LogP contribution is -2.35. The number of benzene rings is 1. The third kappa shape index (κ3) is 4.07. The number of nitriles is 1. The van der Waals surface area contributed by atoms with Crippen LogP contribution in [0.1, 0.15) is 24.0 Å². The minimum Gasteiger partial charge on any atom is -0.381 e. The Morgan fingerprint density at radius 1 is 1.35 bits per heavy atom. The van der Waals surface area contributed by atoms with Gasteiger partial charge in [-0.3, -0.25) is 4.79 Å². The zero-order valence-electron chi connectivity index (χ0n) is 11.8. The second kappa shape index (κ2) is 7.06. The molecule has 2 rings (SSSR count). The summed E-state index contributed by atoms with van der Waals surface area (Å²) < 4.78 is 5.33. The van der Waals surface area contributed by atoms with Crippen LogP contribution in [0.3, 0.4) is 0 Å². The van der Waals surface area contributed by atoms with Gasteiger partial charge in [-0.2, -0.15) is 5.26 Å².